The normalized spacial score (nSPS) is 10.3. The molecule has 0 fully saturated rings. The summed E-state index contributed by atoms with van der Waals surface area (Å²) < 4.78 is 5.03. The number of amides is 1. The molecule has 21 heavy (non-hydrogen) atoms. The van der Waals surface area contributed by atoms with Crippen molar-refractivity contribution in [1.82, 2.24) is 15.0 Å². The largest absolute Gasteiger partial charge is 0.393 e. The van der Waals surface area contributed by atoms with Gasteiger partial charge in [-0.15, -0.1) is 0 Å². The van der Waals surface area contributed by atoms with E-state index < -0.39 is 0 Å². The summed E-state index contributed by atoms with van der Waals surface area (Å²) >= 11 is 4.88. The van der Waals surface area contributed by atoms with Gasteiger partial charge in [-0.2, -0.15) is 0 Å². The summed E-state index contributed by atoms with van der Waals surface area (Å²) in [7, 11) is 0. The van der Waals surface area contributed by atoms with Crippen LogP contribution in [-0.2, 0) is 6.54 Å². The van der Waals surface area contributed by atoms with E-state index in [1.54, 1.807) is 30.3 Å². The minimum Gasteiger partial charge on any atom is -0.393 e. The predicted octanol–water partition coefficient (Wildman–Crippen LogP) is 1.70. The minimum atomic E-state index is -0.240. The summed E-state index contributed by atoms with van der Waals surface area (Å²) in [5.41, 5.74) is 7.10. The number of carbonyl (C=O) groups is 1. The topological polar surface area (TPSA) is 85.2 Å². The molecule has 0 bridgehead atoms. The summed E-state index contributed by atoms with van der Waals surface area (Å²) in [6.45, 7) is 2.60. The summed E-state index contributed by atoms with van der Waals surface area (Å²) in [5, 5.41) is 3.74. The smallest absolute Gasteiger partial charge is 0.292 e. The van der Waals surface area contributed by atoms with Crippen molar-refractivity contribution in [2.75, 3.05) is 6.54 Å². The van der Waals surface area contributed by atoms with Gasteiger partial charge in [-0.25, -0.2) is 0 Å². The lowest BCUT2D eigenvalue weighted by molar-refractivity contribution is 0.0705. The molecule has 0 radical (unpaired) electrons. The van der Waals surface area contributed by atoms with Crippen LogP contribution in [0.2, 0.25) is 0 Å². The summed E-state index contributed by atoms with van der Waals surface area (Å²) in [4.78, 5) is 18.5. The molecule has 0 saturated carbocycles. The van der Waals surface area contributed by atoms with Crippen molar-refractivity contribution < 1.29 is 9.32 Å². The van der Waals surface area contributed by atoms with Gasteiger partial charge in [0.1, 0.15) is 0 Å². The maximum absolute atomic E-state index is 12.5. The number of carbonyl (C=O) groups excluding carboxylic acids is 1. The second-order valence-corrected chi connectivity index (χ2v) is 5.16. The zero-order valence-electron chi connectivity index (χ0n) is 11.7. The van der Waals surface area contributed by atoms with E-state index in [0.29, 0.717) is 30.2 Å². The van der Waals surface area contributed by atoms with Crippen molar-refractivity contribution in [3.8, 4) is 0 Å². The highest BCUT2D eigenvalue weighted by Crippen LogP contribution is 2.11. The lowest BCUT2D eigenvalue weighted by atomic mass is 10.2. The molecule has 2 aromatic heterocycles. The Morgan fingerprint density at radius 3 is 2.90 bits per heavy atom. The van der Waals surface area contributed by atoms with Crippen LogP contribution in [0.4, 0.5) is 0 Å². The van der Waals surface area contributed by atoms with Crippen LogP contribution in [0.5, 0.6) is 0 Å². The van der Waals surface area contributed by atoms with E-state index in [9.17, 15) is 4.79 Å². The molecular formula is C14H16N4O2S. The average Bonchev–Trinajstić information content (AvgIpc) is 2.90. The molecule has 0 aromatic carbocycles. The lowest BCUT2D eigenvalue weighted by Gasteiger charge is -2.21. The molecule has 0 unspecified atom stereocenters. The number of nitrogens with two attached hydrogens (primary N) is 1. The molecule has 0 saturated heterocycles. The Hall–Kier alpha value is -2.28. The first-order valence-electron chi connectivity index (χ1n) is 6.46. The second-order valence-electron chi connectivity index (χ2n) is 4.64. The molecule has 110 valence electrons. The maximum atomic E-state index is 12.5. The van der Waals surface area contributed by atoms with Gasteiger partial charge in [-0.3, -0.25) is 9.78 Å². The van der Waals surface area contributed by atoms with Crippen LogP contribution >= 0.6 is 12.2 Å². The quantitative estimate of drug-likeness (QED) is 0.818. The van der Waals surface area contributed by atoms with E-state index in [-0.39, 0.29) is 11.7 Å². The van der Waals surface area contributed by atoms with E-state index in [0.717, 1.165) is 5.56 Å². The zero-order valence-corrected chi connectivity index (χ0v) is 12.5. The Kier molecular flexibility index (Phi) is 4.99. The van der Waals surface area contributed by atoms with Crippen LogP contribution in [-0.4, -0.2) is 32.5 Å². The van der Waals surface area contributed by atoms with Gasteiger partial charge in [-0.1, -0.05) is 23.4 Å². The molecule has 1 amide bonds. The standard InChI is InChI=1S/C14H16N4O2S/c1-10-7-12(20-17-10)14(19)18(6-4-13(15)21)9-11-3-2-5-16-8-11/h2-3,5,7-8H,4,6,9H2,1H3,(H2,15,21). The van der Waals surface area contributed by atoms with Crippen molar-refractivity contribution in [2.45, 2.75) is 19.9 Å². The van der Waals surface area contributed by atoms with Gasteiger partial charge in [-0.05, 0) is 18.6 Å². The van der Waals surface area contributed by atoms with Crippen LogP contribution in [0.25, 0.3) is 0 Å². The van der Waals surface area contributed by atoms with Crippen LogP contribution in [0, 0.1) is 6.92 Å². The predicted molar refractivity (Wildman–Crippen MR) is 81.6 cm³/mol. The third-order valence-corrected chi connectivity index (χ3v) is 3.05. The first kappa shape index (κ1) is 15.1. The van der Waals surface area contributed by atoms with Crippen LogP contribution in [0.15, 0.2) is 35.1 Å². The third kappa shape index (κ3) is 4.35. The van der Waals surface area contributed by atoms with E-state index in [2.05, 4.69) is 10.1 Å². The highest BCUT2D eigenvalue weighted by Gasteiger charge is 2.20. The number of aromatic nitrogens is 2. The molecule has 0 atom stereocenters. The van der Waals surface area contributed by atoms with Crippen LogP contribution < -0.4 is 5.73 Å². The number of thiocarbonyl (C=S) groups is 1. The van der Waals surface area contributed by atoms with E-state index >= 15 is 0 Å². The Balaban J connectivity index is 2.14. The van der Waals surface area contributed by atoms with Crippen molar-refractivity contribution in [3.05, 3.63) is 47.6 Å². The fourth-order valence-corrected chi connectivity index (χ4v) is 1.92. The van der Waals surface area contributed by atoms with E-state index in [4.69, 9.17) is 22.5 Å². The maximum Gasteiger partial charge on any atom is 0.292 e. The van der Waals surface area contributed by atoms with Gasteiger partial charge in [0.15, 0.2) is 0 Å². The van der Waals surface area contributed by atoms with Crippen molar-refractivity contribution >= 4 is 23.1 Å². The Bertz CT molecular complexity index is 627. The third-order valence-electron chi connectivity index (χ3n) is 2.85. The van der Waals surface area contributed by atoms with Crippen molar-refractivity contribution in [3.63, 3.8) is 0 Å². The second kappa shape index (κ2) is 6.94. The van der Waals surface area contributed by atoms with Crippen LogP contribution in [0.1, 0.15) is 28.2 Å². The fourth-order valence-electron chi connectivity index (χ4n) is 1.83. The van der Waals surface area contributed by atoms with Crippen molar-refractivity contribution in [2.24, 2.45) is 5.73 Å². The molecule has 7 heteroatoms. The SMILES string of the molecule is Cc1cc(C(=O)N(CCC(N)=S)Cc2cccnc2)on1. The summed E-state index contributed by atoms with van der Waals surface area (Å²) in [6, 6.07) is 5.34. The monoisotopic (exact) mass is 304 g/mol. The fraction of sp³-hybridized carbons (Fsp3) is 0.286. The molecule has 2 N–H and O–H groups in total. The van der Waals surface area contributed by atoms with Crippen molar-refractivity contribution in [1.29, 1.82) is 0 Å². The molecular weight excluding hydrogens is 288 g/mol. The average molecular weight is 304 g/mol. The number of nitrogens with zero attached hydrogens (tertiary/aromatic N) is 3. The number of pyridine rings is 1. The Morgan fingerprint density at radius 1 is 1.52 bits per heavy atom. The number of hydrogen-bond donors (Lipinski definition) is 1. The Labute approximate surface area is 127 Å². The summed E-state index contributed by atoms with van der Waals surface area (Å²) in [6.07, 6.45) is 3.85. The van der Waals surface area contributed by atoms with Gasteiger partial charge in [0.2, 0.25) is 5.76 Å². The molecule has 0 aliphatic rings. The number of aryl methyl sites for hydroxylation is 1. The Morgan fingerprint density at radius 2 is 2.33 bits per heavy atom. The molecule has 0 spiro atoms. The zero-order chi connectivity index (χ0) is 15.2. The molecule has 2 aromatic rings. The van der Waals surface area contributed by atoms with Gasteiger partial charge in [0.05, 0.1) is 10.7 Å². The highest BCUT2D eigenvalue weighted by molar-refractivity contribution is 7.80. The lowest BCUT2D eigenvalue weighted by Crippen LogP contribution is -2.33. The number of rotatable bonds is 6. The van der Waals surface area contributed by atoms with E-state index in [1.807, 2.05) is 12.1 Å². The first-order valence-corrected chi connectivity index (χ1v) is 6.87. The molecule has 2 heterocycles. The number of hydrogen-bond acceptors (Lipinski definition) is 5. The molecule has 0 aliphatic heterocycles. The summed E-state index contributed by atoms with van der Waals surface area (Å²) in [5.74, 6) is -0.0324. The molecule has 6 nitrogen and oxygen atoms in total. The van der Waals surface area contributed by atoms with Crippen LogP contribution in [0.3, 0.4) is 0 Å². The molecule has 0 aliphatic carbocycles. The minimum absolute atomic E-state index is 0.208. The van der Waals surface area contributed by atoms with Gasteiger partial charge in [0, 0.05) is 38.0 Å². The van der Waals surface area contributed by atoms with Gasteiger partial charge >= 0.3 is 0 Å². The highest BCUT2D eigenvalue weighted by atomic mass is 32.1. The van der Waals surface area contributed by atoms with Gasteiger partial charge in [0.25, 0.3) is 5.91 Å². The molecule has 2 rings (SSSR count). The van der Waals surface area contributed by atoms with E-state index in [1.165, 1.54) is 0 Å². The van der Waals surface area contributed by atoms with Gasteiger partial charge < -0.3 is 15.2 Å². The first-order chi connectivity index (χ1) is 10.1.